The third kappa shape index (κ3) is 7.41. The van der Waals surface area contributed by atoms with Crippen LogP contribution < -0.4 is 14.5 Å². The van der Waals surface area contributed by atoms with E-state index in [9.17, 15) is 0 Å². The van der Waals surface area contributed by atoms with Crippen LogP contribution in [0.5, 0.6) is 11.5 Å². The summed E-state index contributed by atoms with van der Waals surface area (Å²) >= 11 is 0. The Hall–Kier alpha value is -8.96. The number of nitrogens with zero attached hydrogens (tertiary/aromatic N) is 5. The number of pyridine rings is 1. The van der Waals surface area contributed by atoms with Crippen molar-refractivity contribution in [2.45, 2.75) is 64.7 Å². The average molecular weight is 1250 g/mol. The van der Waals surface area contributed by atoms with E-state index in [1.54, 1.807) is 0 Å². The van der Waals surface area contributed by atoms with Gasteiger partial charge >= 0.3 is 0 Å². The van der Waals surface area contributed by atoms with Gasteiger partial charge in [0, 0.05) is 94.4 Å². The van der Waals surface area contributed by atoms with E-state index in [4.69, 9.17) is 9.72 Å². The van der Waals surface area contributed by atoms with Crippen molar-refractivity contribution in [3.8, 4) is 67.5 Å². The maximum atomic E-state index is 7.15. The first-order valence-electron chi connectivity index (χ1n) is 28.5. The Kier molecular flexibility index (Phi) is 11.4. The minimum absolute atomic E-state index is 0. The molecule has 10 aromatic carbocycles. The van der Waals surface area contributed by atoms with E-state index in [-0.39, 0.29) is 37.3 Å². The number of ether oxygens (including phenoxy) is 1. The van der Waals surface area contributed by atoms with Crippen molar-refractivity contribution in [1.29, 1.82) is 0 Å². The van der Waals surface area contributed by atoms with Crippen LogP contribution in [0.1, 0.15) is 65.2 Å². The molecule has 16 rings (SSSR count). The summed E-state index contributed by atoms with van der Waals surface area (Å²) in [6.07, 6.45) is 1.95. The fourth-order valence-electron chi connectivity index (χ4n) is 13.8. The molecule has 0 amide bonds. The number of aromatic nitrogens is 3. The molecule has 7 heteroatoms. The number of rotatable bonds is 6. The minimum Gasteiger partial charge on any atom is -0.509 e. The maximum absolute atomic E-state index is 7.15. The third-order valence-corrected chi connectivity index (χ3v) is 18.5. The van der Waals surface area contributed by atoms with Crippen molar-refractivity contribution >= 4 is 66.4 Å². The van der Waals surface area contributed by atoms with Crippen LogP contribution in [0, 0.1) is 18.8 Å². The molecule has 0 unspecified atom stereocenters. The first kappa shape index (κ1) is 51.0. The second kappa shape index (κ2) is 18.5. The standard InChI is InChI=1S/C76H58N5O.Pt/c1-74(2,3)49-41-42-77-68(43-49)80-63-39-40-64-69(56-27-15-14-25-54(56)57-30-19-31-58-55-26-16-17-33-62(55)81(64)72(57)58)70(63)59-37-35-50(44-66(59)80)82-51-36-38-60-67(45-51)79-46-78(65-34-20-32-61(73(65)79)76(6,7)75(60,4)5)71-52(47-21-10-8-11-22-47)28-18-29-53(71)48-23-12-9-13-24-48;/h8-43,46H,1-7H3;/q-3;. The van der Waals surface area contributed by atoms with E-state index in [0.29, 0.717) is 11.5 Å². The Morgan fingerprint density at radius 3 is 1.87 bits per heavy atom. The number of anilines is 4. The molecule has 0 aliphatic carbocycles. The molecule has 0 N–H and O–H groups in total. The monoisotopic (exact) mass is 1250 g/mol. The van der Waals surface area contributed by atoms with Gasteiger partial charge in [0.05, 0.1) is 16.7 Å². The van der Waals surface area contributed by atoms with Crippen LogP contribution >= 0.6 is 0 Å². The molecular weight excluding hydrogens is 1190 g/mol. The van der Waals surface area contributed by atoms with E-state index in [1.165, 1.54) is 60.8 Å². The third-order valence-electron chi connectivity index (χ3n) is 18.5. The SMILES string of the molecule is CC(C)(C)c1ccnc(-n2c3[c-]c(Oc4[c-]c5c(cc4)C(C)(C)C(C)(C)c4cccc6c4N5[CH-]N6c4c(-c5ccccc5)cccc4-c4ccccc4)ccc3c3c4c(ccc32)-n2c3ccccc3c3cccc(c32)-c2ccccc2-4)c1.[Pt]. The van der Waals surface area contributed by atoms with Gasteiger partial charge in [0.15, 0.2) is 0 Å². The molecule has 13 aromatic rings. The first-order valence-corrected chi connectivity index (χ1v) is 28.5. The molecule has 0 saturated carbocycles. The summed E-state index contributed by atoms with van der Waals surface area (Å²) in [5.41, 5.74) is 22.1. The molecule has 0 fully saturated rings. The second-order valence-corrected chi connectivity index (χ2v) is 24.4. The van der Waals surface area contributed by atoms with Crippen LogP contribution in [-0.4, -0.2) is 14.1 Å². The van der Waals surface area contributed by atoms with E-state index < -0.39 is 0 Å². The summed E-state index contributed by atoms with van der Waals surface area (Å²) in [5, 5.41) is 4.68. The van der Waals surface area contributed by atoms with Crippen LogP contribution in [0.4, 0.5) is 22.7 Å². The zero-order valence-electron chi connectivity index (χ0n) is 47.3. The quantitative estimate of drug-likeness (QED) is 0.156. The molecule has 0 atom stereocenters. The summed E-state index contributed by atoms with van der Waals surface area (Å²) in [4.78, 5) is 9.94. The normalized spacial score (nSPS) is 14.4. The van der Waals surface area contributed by atoms with E-state index in [2.05, 4.69) is 299 Å². The van der Waals surface area contributed by atoms with Crippen molar-refractivity contribution in [3.05, 3.63) is 254 Å². The predicted octanol–water partition coefficient (Wildman–Crippen LogP) is 19.9. The number of fused-ring (bicyclic) bond motifs is 14. The van der Waals surface area contributed by atoms with Crippen LogP contribution in [0.25, 0.3) is 99.6 Å². The van der Waals surface area contributed by atoms with Gasteiger partial charge in [-0.05, 0) is 91.4 Å². The Morgan fingerprint density at radius 2 is 1.11 bits per heavy atom. The number of hydrogen-bond acceptors (Lipinski definition) is 4. The van der Waals surface area contributed by atoms with Crippen molar-refractivity contribution in [2.24, 2.45) is 0 Å². The van der Waals surface area contributed by atoms with Gasteiger partial charge in [0.1, 0.15) is 5.82 Å². The van der Waals surface area contributed by atoms with Gasteiger partial charge < -0.3 is 23.7 Å². The molecular formula is C76H58N5OPt-3. The maximum Gasteiger partial charge on any atom is 0.135 e. The molecule has 0 saturated heterocycles. The Bertz CT molecular complexity index is 4750. The van der Waals surface area contributed by atoms with Gasteiger partial charge in [-0.25, -0.2) is 4.98 Å². The van der Waals surface area contributed by atoms with Crippen LogP contribution in [0.3, 0.4) is 0 Å². The van der Waals surface area contributed by atoms with Crippen LogP contribution in [0.15, 0.2) is 219 Å². The molecule has 3 aliphatic rings. The van der Waals surface area contributed by atoms with E-state index in [1.807, 2.05) is 6.20 Å². The molecule has 83 heavy (non-hydrogen) atoms. The number of hydrogen-bond donors (Lipinski definition) is 0. The molecule has 0 bridgehead atoms. The van der Waals surface area contributed by atoms with Gasteiger partial charge in [-0.2, -0.15) is 12.1 Å². The Balaban J connectivity index is 0.00000588. The fourth-order valence-corrected chi connectivity index (χ4v) is 13.8. The summed E-state index contributed by atoms with van der Waals surface area (Å²) < 4.78 is 11.9. The van der Waals surface area contributed by atoms with E-state index in [0.717, 1.165) is 78.3 Å². The average Bonchev–Trinajstić information content (AvgIpc) is 1.94. The van der Waals surface area contributed by atoms with E-state index >= 15 is 0 Å². The molecule has 6 nitrogen and oxygen atoms in total. The number of benzene rings is 10. The van der Waals surface area contributed by atoms with Gasteiger partial charge in [0.2, 0.25) is 0 Å². The van der Waals surface area contributed by atoms with Gasteiger partial charge in [-0.3, -0.25) is 0 Å². The van der Waals surface area contributed by atoms with Crippen molar-refractivity contribution in [2.75, 3.05) is 9.80 Å². The molecule has 406 valence electrons. The zero-order chi connectivity index (χ0) is 55.4. The largest absolute Gasteiger partial charge is 0.509 e. The van der Waals surface area contributed by atoms with Crippen molar-refractivity contribution in [1.82, 2.24) is 14.1 Å². The molecule has 0 radical (unpaired) electrons. The van der Waals surface area contributed by atoms with Gasteiger partial charge in [0.25, 0.3) is 0 Å². The summed E-state index contributed by atoms with van der Waals surface area (Å²) in [5.74, 6) is 2.02. The summed E-state index contributed by atoms with van der Waals surface area (Å²) in [7, 11) is 0. The topological polar surface area (TPSA) is 38.5 Å². The van der Waals surface area contributed by atoms with Crippen molar-refractivity contribution in [3.63, 3.8) is 0 Å². The minimum atomic E-state index is -0.316. The second-order valence-electron chi connectivity index (χ2n) is 24.4. The van der Waals surface area contributed by atoms with Crippen LogP contribution in [0.2, 0.25) is 0 Å². The van der Waals surface area contributed by atoms with Crippen LogP contribution in [-0.2, 0) is 37.3 Å². The summed E-state index contributed by atoms with van der Waals surface area (Å²) in [6, 6.07) is 85.0. The van der Waals surface area contributed by atoms with Crippen molar-refractivity contribution < 1.29 is 25.8 Å². The van der Waals surface area contributed by atoms with Gasteiger partial charge in [-0.1, -0.05) is 211 Å². The summed E-state index contributed by atoms with van der Waals surface area (Å²) in [6.45, 7) is 18.6. The molecule has 0 spiro atoms. The molecule has 6 heterocycles. The smallest absolute Gasteiger partial charge is 0.135 e. The van der Waals surface area contributed by atoms with Gasteiger partial charge in [-0.15, -0.1) is 41.9 Å². The fraction of sp³-hybridized carbons (Fsp3) is 0.132. The Labute approximate surface area is 499 Å². The number of para-hydroxylation sites is 4. The molecule has 3 aromatic heterocycles. The Morgan fingerprint density at radius 1 is 0.482 bits per heavy atom. The predicted molar refractivity (Wildman–Crippen MR) is 339 cm³/mol. The first-order chi connectivity index (χ1) is 39.8. The molecule has 3 aliphatic heterocycles. The zero-order valence-corrected chi connectivity index (χ0v) is 49.6.